The van der Waals surface area contributed by atoms with Crippen molar-refractivity contribution in [3.05, 3.63) is 95.8 Å². The predicted molar refractivity (Wildman–Crippen MR) is 215 cm³/mol. The van der Waals surface area contributed by atoms with E-state index in [9.17, 15) is 19.2 Å². The fourth-order valence-electron chi connectivity index (χ4n) is 8.59. The smallest absolute Gasteiger partial charge is 0.255 e. The first kappa shape index (κ1) is 37.0. The number of imide groups is 1. The number of fused-ring (bicyclic) bond motifs is 2. The number of hydrogen-bond acceptors (Lipinski definition) is 10. The molecule has 3 N–H and O–H groups in total. The summed E-state index contributed by atoms with van der Waals surface area (Å²) in [5.41, 5.74) is 10.9. The number of piperidine rings is 3. The molecule has 0 aliphatic carbocycles. The summed E-state index contributed by atoms with van der Waals surface area (Å²) >= 11 is 0. The third-order valence-electron chi connectivity index (χ3n) is 11.7. The van der Waals surface area contributed by atoms with Crippen LogP contribution in [0.25, 0.3) is 22.3 Å². The Bertz CT molecular complexity index is 2460. The molecule has 5 aromatic rings. The quantitative estimate of drug-likeness (QED) is 0.177. The van der Waals surface area contributed by atoms with Crippen LogP contribution in [0.1, 0.15) is 66.1 Å². The summed E-state index contributed by atoms with van der Waals surface area (Å²) in [5, 5.41) is 8.11. The minimum atomic E-state index is -0.640. The SMILES string of the molecule is Nc1ncnc2c1c(-c1ccc(Oc3ccccc3)cc1)nn2C1CCN(C(=O)C2CCN(CC#Cc3ccc4c(c3)CN(C3CCC(=O)NC3=O)C4=O)CC2)CC1. The highest BCUT2D eigenvalue weighted by Crippen LogP contribution is 2.36. The first-order valence-corrected chi connectivity index (χ1v) is 19.9. The normalized spacial score (nSPS) is 19.2. The number of benzene rings is 3. The van der Waals surface area contributed by atoms with E-state index in [0.29, 0.717) is 49.6 Å². The molecule has 1 atom stereocenters. The number of rotatable bonds is 7. The van der Waals surface area contributed by atoms with Crippen molar-refractivity contribution in [1.29, 1.82) is 0 Å². The minimum absolute atomic E-state index is 0.0131. The standard InChI is InChI=1S/C44H43N9O5/c45-40-38-39(29-9-11-34(12-10-29)58-33-6-2-1-3-7-33)49-53(41(38)47-27-46-40)32-18-23-51(24-19-32)43(56)30-16-21-50(22-17-30)20-4-5-28-8-13-35-31(25-28)26-52(44(35)57)36-14-15-37(54)48-42(36)55/h1-3,6-13,25,27,30,32,36H,14-24,26H2,(H2,45,46,47)(H,48,54,55). The molecule has 4 amide bonds. The minimum Gasteiger partial charge on any atom is -0.457 e. The zero-order valence-electron chi connectivity index (χ0n) is 32.0. The van der Waals surface area contributed by atoms with E-state index < -0.39 is 11.9 Å². The number of carbonyl (C=O) groups excluding carboxylic acids is 4. The number of ether oxygens (including phenoxy) is 1. The topological polar surface area (TPSA) is 169 Å². The number of nitrogens with two attached hydrogens (primary N) is 1. The molecular formula is C44H43N9O5. The third-order valence-corrected chi connectivity index (χ3v) is 11.7. The molecule has 2 aromatic heterocycles. The molecule has 58 heavy (non-hydrogen) atoms. The van der Waals surface area contributed by atoms with Gasteiger partial charge in [-0.3, -0.25) is 29.4 Å². The molecule has 0 spiro atoms. The van der Waals surface area contributed by atoms with Gasteiger partial charge in [0.2, 0.25) is 17.7 Å². The summed E-state index contributed by atoms with van der Waals surface area (Å²) in [6.07, 6.45) is 5.13. The van der Waals surface area contributed by atoms with E-state index in [2.05, 4.69) is 32.0 Å². The van der Waals surface area contributed by atoms with Gasteiger partial charge in [-0.2, -0.15) is 5.10 Å². The zero-order chi connectivity index (χ0) is 39.8. The Labute approximate surface area is 335 Å². The maximum atomic E-state index is 13.7. The molecule has 3 aromatic carbocycles. The Morgan fingerprint density at radius 1 is 0.879 bits per heavy atom. The van der Waals surface area contributed by atoms with E-state index in [1.54, 1.807) is 11.0 Å². The van der Waals surface area contributed by atoms with Crippen molar-refractivity contribution in [3.8, 4) is 34.6 Å². The zero-order valence-corrected chi connectivity index (χ0v) is 32.0. The largest absolute Gasteiger partial charge is 0.457 e. The van der Waals surface area contributed by atoms with Gasteiger partial charge in [0.25, 0.3) is 5.91 Å². The number of para-hydroxylation sites is 1. The number of carbonyl (C=O) groups is 4. The number of amides is 4. The van der Waals surface area contributed by atoms with Crippen LogP contribution in [0.5, 0.6) is 11.5 Å². The number of nitrogens with zero attached hydrogens (tertiary/aromatic N) is 7. The predicted octanol–water partition coefficient (Wildman–Crippen LogP) is 4.56. The lowest BCUT2D eigenvalue weighted by atomic mass is 9.94. The van der Waals surface area contributed by atoms with Gasteiger partial charge in [-0.25, -0.2) is 14.6 Å². The Morgan fingerprint density at radius 3 is 2.40 bits per heavy atom. The number of hydrogen-bond donors (Lipinski definition) is 2. The third kappa shape index (κ3) is 7.36. The number of anilines is 1. The van der Waals surface area contributed by atoms with Crippen LogP contribution in [0.3, 0.4) is 0 Å². The van der Waals surface area contributed by atoms with Gasteiger partial charge in [-0.15, -0.1) is 0 Å². The highest BCUT2D eigenvalue weighted by Gasteiger charge is 2.39. The van der Waals surface area contributed by atoms with E-state index in [-0.39, 0.29) is 36.1 Å². The summed E-state index contributed by atoms with van der Waals surface area (Å²) in [7, 11) is 0. The van der Waals surface area contributed by atoms with Crippen LogP contribution in [0.15, 0.2) is 79.1 Å². The Kier molecular flexibility index (Phi) is 10.0. The second-order valence-electron chi connectivity index (χ2n) is 15.4. The fraction of sp³-hybridized carbons (Fsp3) is 0.341. The highest BCUT2D eigenvalue weighted by atomic mass is 16.5. The molecule has 294 valence electrons. The fourth-order valence-corrected chi connectivity index (χ4v) is 8.59. The van der Waals surface area contributed by atoms with Crippen molar-refractivity contribution in [3.63, 3.8) is 0 Å². The molecule has 3 fully saturated rings. The Morgan fingerprint density at radius 2 is 1.64 bits per heavy atom. The molecule has 4 aliphatic heterocycles. The van der Waals surface area contributed by atoms with E-state index in [0.717, 1.165) is 78.0 Å². The van der Waals surface area contributed by atoms with Crippen LogP contribution in [-0.2, 0) is 20.9 Å². The molecular weight excluding hydrogens is 735 g/mol. The lowest BCUT2D eigenvalue weighted by Crippen LogP contribution is -2.52. The van der Waals surface area contributed by atoms with Gasteiger partial charge in [-0.05, 0) is 105 Å². The molecule has 9 rings (SSSR count). The average molecular weight is 778 g/mol. The molecule has 3 saturated heterocycles. The molecule has 0 saturated carbocycles. The summed E-state index contributed by atoms with van der Waals surface area (Å²) < 4.78 is 7.96. The maximum absolute atomic E-state index is 13.7. The monoisotopic (exact) mass is 777 g/mol. The van der Waals surface area contributed by atoms with Crippen molar-refractivity contribution in [2.75, 3.05) is 38.5 Å². The van der Waals surface area contributed by atoms with Crippen molar-refractivity contribution < 1.29 is 23.9 Å². The van der Waals surface area contributed by atoms with Gasteiger partial charge in [0.05, 0.1) is 18.0 Å². The van der Waals surface area contributed by atoms with Gasteiger partial charge in [0.1, 0.15) is 35.4 Å². The number of nitrogen functional groups attached to an aromatic ring is 1. The van der Waals surface area contributed by atoms with Gasteiger partial charge in [0, 0.05) is 48.7 Å². The summed E-state index contributed by atoms with van der Waals surface area (Å²) in [5.74, 6) is 7.66. The second kappa shape index (κ2) is 15.7. The van der Waals surface area contributed by atoms with Crippen molar-refractivity contribution in [1.82, 2.24) is 39.8 Å². The second-order valence-corrected chi connectivity index (χ2v) is 15.4. The number of nitrogens with one attached hydrogen (secondary N) is 1. The van der Waals surface area contributed by atoms with E-state index >= 15 is 0 Å². The van der Waals surface area contributed by atoms with Crippen LogP contribution in [0.4, 0.5) is 5.82 Å². The lowest BCUT2D eigenvalue weighted by molar-refractivity contribution is -0.139. The lowest BCUT2D eigenvalue weighted by Gasteiger charge is -2.37. The van der Waals surface area contributed by atoms with Crippen LogP contribution in [-0.4, -0.2) is 96.8 Å². The number of aromatic nitrogens is 4. The van der Waals surface area contributed by atoms with Gasteiger partial charge >= 0.3 is 0 Å². The van der Waals surface area contributed by atoms with Crippen LogP contribution < -0.4 is 15.8 Å². The average Bonchev–Trinajstić information content (AvgIpc) is 3.80. The summed E-state index contributed by atoms with van der Waals surface area (Å²) in [6.45, 7) is 3.80. The van der Waals surface area contributed by atoms with E-state index in [1.165, 1.54) is 6.33 Å². The molecule has 14 nitrogen and oxygen atoms in total. The van der Waals surface area contributed by atoms with E-state index in [1.807, 2.05) is 76.3 Å². The molecule has 14 heteroatoms. The first-order chi connectivity index (χ1) is 28.3. The van der Waals surface area contributed by atoms with Crippen LogP contribution in [0.2, 0.25) is 0 Å². The molecule has 6 heterocycles. The number of likely N-dealkylation sites (tertiary alicyclic amines) is 2. The summed E-state index contributed by atoms with van der Waals surface area (Å²) in [6, 6.07) is 22.3. The molecule has 4 aliphatic rings. The van der Waals surface area contributed by atoms with Crippen LogP contribution >= 0.6 is 0 Å². The Hall–Kier alpha value is -6.59. The van der Waals surface area contributed by atoms with Crippen molar-refractivity contribution in [2.45, 2.75) is 57.2 Å². The molecule has 0 radical (unpaired) electrons. The Balaban J connectivity index is 0.775. The van der Waals surface area contributed by atoms with Gasteiger partial charge in [-0.1, -0.05) is 30.0 Å². The molecule has 0 bridgehead atoms. The van der Waals surface area contributed by atoms with Crippen molar-refractivity contribution >= 4 is 40.5 Å². The summed E-state index contributed by atoms with van der Waals surface area (Å²) in [4.78, 5) is 65.4. The van der Waals surface area contributed by atoms with Crippen molar-refractivity contribution in [2.24, 2.45) is 5.92 Å². The first-order valence-electron chi connectivity index (χ1n) is 19.9. The van der Waals surface area contributed by atoms with Crippen LogP contribution in [0, 0.1) is 17.8 Å². The van der Waals surface area contributed by atoms with Gasteiger partial charge < -0.3 is 20.3 Å². The van der Waals surface area contributed by atoms with Gasteiger partial charge in [0.15, 0.2) is 5.65 Å². The molecule has 1 unspecified atom stereocenters. The maximum Gasteiger partial charge on any atom is 0.255 e. The van der Waals surface area contributed by atoms with E-state index in [4.69, 9.17) is 15.6 Å². The highest BCUT2D eigenvalue weighted by molar-refractivity contribution is 6.05.